The number of nitrogens with zero attached hydrogens (tertiary/aromatic N) is 4. The molecule has 0 aliphatic heterocycles. The van der Waals surface area contributed by atoms with E-state index in [4.69, 9.17) is 24.8 Å². The number of benzene rings is 4. The molecule has 0 aliphatic carbocycles. The average Bonchev–Trinajstić information content (AvgIpc) is 3.66. The van der Waals surface area contributed by atoms with Crippen molar-refractivity contribution in [2.24, 2.45) is 5.84 Å². The number of nitrogens with two attached hydrogens (primary N) is 1. The molecule has 0 saturated carbocycles. The number of aromatic nitrogens is 4. The quantitative estimate of drug-likeness (QED) is 0.0576. The Hall–Kier alpha value is -7.05. The number of hydrogen-bond acceptors (Lipinski definition) is 11. The summed E-state index contributed by atoms with van der Waals surface area (Å²) in [6.07, 6.45) is 3.07. The van der Waals surface area contributed by atoms with Gasteiger partial charge in [-0.05, 0) is 96.4 Å². The largest absolute Gasteiger partial charge is 0.488 e. The lowest BCUT2D eigenvalue weighted by atomic mass is 10.1. The van der Waals surface area contributed by atoms with Gasteiger partial charge >= 0.3 is 11.9 Å². The molecule has 7 rings (SSSR count). The zero-order chi connectivity index (χ0) is 45.7. The van der Waals surface area contributed by atoms with Crippen LogP contribution in [0.5, 0.6) is 11.5 Å². The van der Waals surface area contributed by atoms with Crippen LogP contribution in [0.4, 0.5) is 5.82 Å². The van der Waals surface area contributed by atoms with Crippen LogP contribution in [0, 0.1) is 6.92 Å². The first-order valence-electron chi connectivity index (χ1n) is 21.4. The van der Waals surface area contributed by atoms with Crippen molar-refractivity contribution in [2.45, 2.75) is 98.6 Å². The number of aryl methyl sites for hydroxylation is 5. The highest BCUT2D eigenvalue weighted by atomic mass is 16.6. The van der Waals surface area contributed by atoms with Crippen LogP contribution >= 0.6 is 0 Å². The maximum absolute atomic E-state index is 13.2. The number of hydrazine groups is 1. The monoisotopic (exact) mass is 862 g/mol. The van der Waals surface area contributed by atoms with E-state index < -0.39 is 23.1 Å². The summed E-state index contributed by atoms with van der Waals surface area (Å²) in [5, 5.41) is 8.59. The van der Waals surface area contributed by atoms with E-state index >= 15 is 0 Å². The molecule has 0 fully saturated rings. The Bertz CT molecular complexity index is 2610. The number of anilines is 1. The molecule has 3 aromatic heterocycles. The molecule has 4 aromatic carbocycles. The molecule has 0 radical (unpaired) electrons. The molecule has 0 aliphatic rings. The summed E-state index contributed by atoms with van der Waals surface area (Å²) in [6.45, 7) is 13.5. The van der Waals surface area contributed by atoms with Gasteiger partial charge in [-0.1, -0.05) is 121 Å². The second-order valence-electron chi connectivity index (χ2n) is 17.3. The molecular formula is C52H58N6O6. The molecule has 3 heterocycles. The van der Waals surface area contributed by atoms with Crippen LogP contribution in [-0.2, 0) is 48.4 Å². The molecule has 64 heavy (non-hydrogen) atoms. The van der Waals surface area contributed by atoms with E-state index in [0.29, 0.717) is 48.2 Å². The van der Waals surface area contributed by atoms with E-state index in [2.05, 4.69) is 44.9 Å². The van der Waals surface area contributed by atoms with Crippen LogP contribution < -0.4 is 20.7 Å². The third-order valence-electron chi connectivity index (χ3n) is 9.76. The standard InChI is InChI=1S/C27H29N3O3.C25H29N3O3/c1-19-28-29-25-24(26(31)33-27(2,3)4)23(32-18-21-13-9-6-10-14-21)17-22(30(19)25)16-15-20-11-7-5-8-12-20;1-25(2,3)31-24(29)22-21(30-17-19-12-8-5-9-13-19)16-20(27-23(22)28-26)15-14-18-10-6-4-7-11-18/h5-14,17H,15-16,18H2,1-4H3;4-13,16H,14-15,17,26H2,1-3H3,(H,27,28). The van der Waals surface area contributed by atoms with Crippen molar-refractivity contribution in [2.75, 3.05) is 5.43 Å². The van der Waals surface area contributed by atoms with E-state index in [9.17, 15) is 9.59 Å². The number of carbonyl (C=O) groups is 2. The summed E-state index contributed by atoms with van der Waals surface area (Å²) in [6, 6.07) is 43.8. The Morgan fingerprint density at radius 3 is 1.48 bits per heavy atom. The van der Waals surface area contributed by atoms with Gasteiger partial charge in [0.2, 0.25) is 0 Å². The predicted octanol–water partition coefficient (Wildman–Crippen LogP) is 10.0. The van der Waals surface area contributed by atoms with Crippen molar-refractivity contribution in [3.8, 4) is 11.5 Å². The molecule has 0 atom stereocenters. The molecule has 0 saturated heterocycles. The third kappa shape index (κ3) is 13.2. The lowest BCUT2D eigenvalue weighted by molar-refractivity contribution is 0.00535. The second kappa shape index (κ2) is 21.4. The van der Waals surface area contributed by atoms with E-state index in [1.54, 1.807) is 6.07 Å². The lowest BCUT2D eigenvalue weighted by Crippen LogP contribution is -2.26. The minimum Gasteiger partial charge on any atom is -0.488 e. The number of hydrogen-bond donors (Lipinski definition) is 2. The zero-order valence-electron chi connectivity index (χ0n) is 37.8. The first kappa shape index (κ1) is 46.5. The highest BCUT2D eigenvalue weighted by Crippen LogP contribution is 2.31. The summed E-state index contributed by atoms with van der Waals surface area (Å²) >= 11 is 0. The van der Waals surface area contributed by atoms with Gasteiger partial charge in [0.15, 0.2) is 11.5 Å². The lowest BCUT2D eigenvalue weighted by Gasteiger charge is -2.22. The maximum Gasteiger partial charge on any atom is 0.346 e. The third-order valence-corrected chi connectivity index (χ3v) is 9.76. The first-order valence-corrected chi connectivity index (χ1v) is 21.4. The fourth-order valence-corrected chi connectivity index (χ4v) is 6.83. The number of rotatable bonds is 15. The van der Waals surface area contributed by atoms with Gasteiger partial charge in [-0.25, -0.2) is 20.4 Å². The van der Waals surface area contributed by atoms with Crippen molar-refractivity contribution < 1.29 is 28.5 Å². The Labute approximate surface area is 375 Å². The van der Waals surface area contributed by atoms with Crippen LogP contribution in [0.15, 0.2) is 133 Å². The van der Waals surface area contributed by atoms with Gasteiger partial charge in [0.05, 0.1) is 0 Å². The SMILES string of the molecule is CC(C)(C)OC(=O)c1c(OCc2ccccc2)cc(CCc2ccccc2)nc1NN.Cc1nnc2c(C(=O)OC(C)(C)C)c(OCc3ccccc3)cc(CCc3ccccc3)n12. The van der Waals surface area contributed by atoms with Crippen molar-refractivity contribution in [1.29, 1.82) is 0 Å². The molecule has 12 nitrogen and oxygen atoms in total. The maximum atomic E-state index is 13.2. The van der Waals surface area contributed by atoms with Crippen molar-refractivity contribution in [3.05, 3.63) is 184 Å². The molecule has 0 spiro atoms. The molecule has 0 bridgehead atoms. The molecular weight excluding hydrogens is 805 g/mol. The van der Waals surface area contributed by atoms with Crippen LogP contribution in [-0.4, -0.2) is 42.7 Å². The molecule has 0 unspecified atom stereocenters. The topological polar surface area (TPSA) is 152 Å². The number of esters is 2. The van der Waals surface area contributed by atoms with Crippen molar-refractivity contribution in [1.82, 2.24) is 19.6 Å². The summed E-state index contributed by atoms with van der Waals surface area (Å²) in [5.74, 6) is 6.52. The number of pyridine rings is 2. The van der Waals surface area contributed by atoms with Gasteiger partial charge in [0, 0.05) is 23.5 Å². The Balaban J connectivity index is 0.000000213. The Morgan fingerprint density at radius 2 is 1.02 bits per heavy atom. The zero-order valence-corrected chi connectivity index (χ0v) is 37.8. The van der Waals surface area contributed by atoms with Crippen LogP contribution in [0.2, 0.25) is 0 Å². The fraction of sp³-hybridized carbons (Fsp3) is 0.288. The number of nitrogen functional groups attached to an aromatic ring is 1. The van der Waals surface area contributed by atoms with Gasteiger partial charge in [0.25, 0.3) is 0 Å². The first-order chi connectivity index (χ1) is 30.7. The van der Waals surface area contributed by atoms with Crippen LogP contribution in [0.1, 0.15) is 102 Å². The second-order valence-corrected chi connectivity index (χ2v) is 17.3. The predicted molar refractivity (Wildman–Crippen MR) is 249 cm³/mol. The van der Waals surface area contributed by atoms with Gasteiger partial charge in [-0.15, -0.1) is 10.2 Å². The molecule has 0 amide bonds. The minimum absolute atomic E-state index is 0.191. The molecule has 3 N–H and O–H groups in total. The Morgan fingerprint density at radius 1 is 0.578 bits per heavy atom. The average molecular weight is 863 g/mol. The van der Waals surface area contributed by atoms with E-state index in [1.807, 2.05) is 156 Å². The summed E-state index contributed by atoms with van der Waals surface area (Å²) in [5.41, 5.74) is 8.37. The number of carbonyl (C=O) groups excluding carboxylic acids is 2. The van der Waals surface area contributed by atoms with Crippen LogP contribution in [0.25, 0.3) is 5.65 Å². The van der Waals surface area contributed by atoms with E-state index in [1.165, 1.54) is 11.1 Å². The van der Waals surface area contributed by atoms with Gasteiger partial charge in [-0.3, -0.25) is 4.40 Å². The minimum atomic E-state index is -0.661. The molecule has 12 heteroatoms. The van der Waals surface area contributed by atoms with E-state index in [-0.39, 0.29) is 11.4 Å². The smallest absolute Gasteiger partial charge is 0.346 e. The van der Waals surface area contributed by atoms with Gasteiger partial charge in [-0.2, -0.15) is 0 Å². The number of ether oxygens (including phenoxy) is 4. The summed E-state index contributed by atoms with van der Waals surface area (Å²) in [4.78, 5) is 30.7. The Kier molecular flexibility index (Phi) is 15.5. The molecule has 7 aromatic rings. The van der Waals surface area contributed by atoms with Crippen molar-refractivity contribution >= 4 is 23.4 Å². The number of fused-ring (bicyclic) bond motifs is 1. The van der Waals surface area contributed by atoms with Gasteiger partial charge < -0.3 is 24.4 Å². The van der Waals surface area contributed by atoms with Crippen LogP contribution in [0.3, 0.4) is 0 Å². The van der Waals surface area contributed by atoms with Gasteiger partial charge in [0.1, 0.15) is 52.9 Å². The normalized spacial score (nSPS) is 11.3. The summed E-state index contributed by atoms with van der Waals surface area (Å²) < 4.78 is 25.4. The highest BCUT2D eigenvalue weighted by Gasteiger charge is 2.29. The van der Waals surface area contributed by atoms with E-state index in [0.717, 1.165) is 41.8 Å². The molecule has 332 valence electrons. The highest BCUT2D eigenvalue weighted by molar-refractivity contribution is 5.99. The number of nitrogens with one attached hydrogen (secondary N) is 1. The fourth-order valence-electron chi connectivity index (χ4n) is 6.83. The summed E-state index contributed by atoms with van der Waals surface area (Å²) in [7, 11) is 0. The van der Waals surface area contributed by atoms with Crippen molar-refractivity contribution in [3.63, 3.8) is 0 Å².